The van der Waals surface area contributed by atoms with Gasteiger partial charge in [-0.25, -0.2) is 0 Å². The smallest absolute Gasteiger partial charge is 0.303 e. The van der Waals surface area contributed by atoms with Crippen molar-refractivity contribution in [3.8, 4) is 0 Å². The van der Waals surface area contributed by atoms with E-state index in [9.17, 15) is 4.79 Å². The van der Waals surface area contributed by atoms with Gasteiger partial charge in [-0.3, -0.25) is 4.79 Å². The molecule has 1 aromatic heterocycles. The normalized spacial score (nSPS) is 10.7. The monoisotopic (exact) mass is 203 g/mol. The molecule has 0 spiro atoms. The quantitative estimate of drug-likeness (QED) is 0.802. The molecule has 0 atom stereocenters. The van der Waals surface area contributed by atoms with Crippen LogP contribution >= 0.6 is 0 Å². The molecule has 0 amide bonds. The predicted molar refractivity (Wildman–Crippen MR) is 58.9 cm³/mol. The molecule has 0 bridgehead atoms. The Balaban J connectivity index is 2.11. The van der Waals surface area contributed by atoms with Gasteiger partial charge in [0.1, 0.15) is 0 Å². The van der Waals surface area contributed by atoms with E-state index in [1.165, 1.54) is 10.8 Å². The van der Waals surface area contributed by atoms with Crippen LogP contribution in [-0.2, 0) is 11.2 Å². The van der Waals surface area contributed by atoms with Gasteiger partial charge in [-0.05, 0) is 18.2 Å². The summed E-state index contributed by atoms with van der Waals surface area (Å²) in [6.07, 6.45) is 3.67. The van der Waals surface area contributed by atoms with Gasteiger partial charge < -0.3 is 10.1 Å². The molecule has 0 fully saturated rings. The van der Waals surface area contributed by atoms with Gasteiger partial charge in [0.15, 0.2) is 0 Å². The first-order valence-electron chi connectivity index (χ1n) is 5.04. The number of carboxylic acids is 1. The number of fused-ring (bicyclic) bond motifs is 1. The maximum Gasteiger partial charge on any atom is 0.303 e. The first kappa shape index (κ1) is 9.77. The summed E-state index contributed by atoms with van der Waals surface area (Å²) in [5.41, 5.74) is 1.13. The van der Waals surface area contributed by atoms with Gasteiger partial charge in [-0.2, -0.15) is 0 Å². The number of hydrogen-bond donors (Lipinski definition) is 2. The minimum Gasteiger partial charge on any atom is -0.481 e. The highest BCUT2D eigenvalue weighted by atomic mass is 16.4. The van der Waals surface area contributed by atoms with Gasteiger partial charge in [0.25, 0.3) is 0 Å². The molecule has 0 aliphatic carbocycles. The van der Waals surface area contributed by atoms with Crippen LogP contribution in [0.1, 0.15) is 18.5 Å². The number of aromatic nitrogens is 1. The Morgan fingerprint density at radius 1 is 1.33 bits per heavy atom. The summed E-state index contributed by atoms with van der Waals surface area (Å²) >= 11 is 0. The van der Waals surface area contributed by atoms with E-state index in [-0.39, 0.29) is 6.42 Å². The predicted octanol–water partition coefficient (Wildman–Crippen LogP) is 2.58. The molecular formula is C12H13NO2. The zero-order chi connectivity index (χ0) is 10.7. The topological polar surface area (TPSA) is 53.1 Å². The number of hydrogen-bond acceptors (Lipinski definition) is 1. The first-order chi connectivity index (χ1) is 7.27. The average Bonchev–Trinajstić information content (AvgIpc) is 2.62. The molecule has 3 heteroatoms. The lowest BCUT2D eigenvalue weighted by Gasteiger charge is -1.97. The number of aromatic amines is 1. The van der Waals surface area contributed by atoms with Crippen LogP contribution < -0.4 is 0 Å². The Labute approximate surface area is 87.7 Å². The number of benzene rings is 1. The van der Waals surface area contributed by atoms with E-state index in [2.05, 4.69) is 11.1 Å². The van der Waals surface area contributed by atoms with Crippen LogP contribution in [0, 0.1) is 0 Å². The largest absolute Gasteiger partial charge is 0.481 e. The van der Waals surface area contributed by atoms with Crippen molar-refractivity contribution in [2.45, 2.75) is 19.3 Å². The van der Waals surface area contributed by atoms with Crippen molar-refractivity contribution in [1.82, 2.24) is 4.98 Å². The minimum atomic E-state index is -0.731. The van der Waals surface area contributed by atoms with Crippen molar-refractivity contribution >= 4 is 16.7 Å². The summed E-state index contributed by atoms with van der Waals surface area (Å²) < 4.78 is 0. The van der Waals surface area contributed by atoms with Crippen LogP contribution in [-0.4, -0.2) is 16.1 Å². The third kappa shape index (κ3) is 2.18. The van der Waals surface area contributed by atoms with E-state index in [1.54, 1.807) is 0 Å². The van der Waals surface area contributed by atoms with Crippen LogP contribution in [0.3, 0.4) is 0 Å². The zero-order valence-corrected chi connectivity index (χ0v) is 8.36. The number of nitrogens with one attached hydrogen (secondary N) is 1. The molecule has 2 N–H and O–H groups in total. The summed E-state index contributed by atoms with van der Waals surface area (Å²) in [5.74, 6) is -0.731. The fourth-order valence-electron chi connectivity index (χ4n) is 1.76. The summed E-state index contributed by atoms with van der Waals surface area (Å²) in [5, 5.41) is 10.9. The van der Waals surface area contributed by atoms with Crippen LogP contribution in [0.4, 0.5) is 0 Å². The zero-order valence-electron chi connectivity index (χ0n) is 8.36. The number of rotatable bonds is 4. The molecule has 0 saturated heterocycles. The Bertz CT molecular complexity index is 473. The van der Waals surface area contributed by atoms with Crippen molar-refractivity contribution in [1.29, 1.82) is 0 Å². The van der Waals surface area contributed by atoms with Crippen molar-refractivity contribution in [3.63, 3.8) is 0 Å². The molecular weight excluding hydrogens is 190 g/mol. The molecule has 0 unspecified atom stereocenters. The Hall–Kier alpha value is -1.77. The van der Waals surface area contributed by atoms with E-state index in [4.69, 9.17) is 5.11 Å². The SMILES string of the molecule is O=C(O)CCCc1[nH]cc2ccccc12. The van der Waals surface area contributed by atoms with Crippen molar-refractivity contribution < 1.29 is 9.90 Å². The molecule has 15 heavy (non-hydrogen) atoms. The molecule has 0 aliphatic heterocycles. The summed E-state index contributed by atoms with van der Waals surface area (Å²) in [6.45, 7) is 0. The fourth-order valence-corrected chi connectivity index (χ4v) is 1.76. The van der Waals surface area contributed by atoms with E-state index < -0.39 is 5.97 Å². The molecule has 2 aromatic rings. The molecule has 2 rings (SSSR count). The lowest BCUT2D eigenvalue weighted by molar-refractivity contribution is -0.137. The number of aryl methyl sites for hydroxylation is 1. The van der Waals surface area contributed by atoms with E-state index in [1.807, 2.05) is 24.4 Å². The highest BCUT2D eigenvalue weighted by molar-refractivity contribution is 5.85. The molecule has 0 radical (unpaired) electrons. The highest BCUT2D eigenvalue weighted by Crippen LogP contribution is 2.19. The Kier molecular flexibility index (Phi) is 2.72. The van der Waals surface area contributed by atoms with Gasteiger partial charge in [0, 0.05) is 23.7 Å². The van der Waals surface area contributed by atoms with Gasteiger partial charge in [-0.1, -0.05) is 24.3 Å². The maximum atomic E-state index is 10.4. The molecule has 0 aliphatic rings. The molecule has 1 heterocycles. The van der Waals surface area contributed by atoms with E-state index in [0.717, 1.165) is 12.1 Å². The van der Waals surface area contributed by atoms with Crippen molar-refractivity contribution in [2.75, 3.05) is 0 Å². The van der Waals surface area contributed by atoms with Crippen LogP contribution in [0.2, 0.25) is 0 Å². The second-order valence-electron chi connectivity index (χ2n) is 3.60. The second kappa shape index (κ2) is 4.17. The Morgan fingerprint density at radius 3 is 2.93 bits per heavy atom. The molecule has 1 aromatic carbocycles. The van der Waals surface area contributed by atoms with Crippen LogP contribution in [0.25, 0.3) is 10.8 Å². The van der Waals surface area contributed by atoms with E-state index in [0.29, 0.717) is 6.42 Å². The number of aliphatic carboxylic acids is 1. The van der Waals surface area contributed by atoms with Crippen molar-refractivity contribution in [3.05, 3.63) is 36.2 Å². The van der Waals surface area contributed by atoms with Crippen LogP contribution in [0.5, 0.6) is 0 Å². The first-order valence-corrected chi connectivity index (χ1v) is 5.04. The maximum absolute atomic E-state index is 10.4. The second-order valence-corrected chi connectivity index (χ2v) is 3.60. The third-order valence-corrected chi connectivity index (χ3v) is 2.51. The molecule has 0 saturated carbocycles. The van der Waals surface area contributed by atoms with Crippen molar-refractivity contribution in [2.24, 2.45) is 0 Å². The lowest BCUT2D eigenvalue weighted by Crippen LogP contribution is -1.96. The summed E-state index contributed by atoms with van der Waals surface area (Å²) in [4.78, 5) is 13.6. The number of carbonyl (C=O) groups is 1. The fraction of sp³-hybridized carbons (Fsp3) is 0.250. The lowest BCUT2D eigenvalue weighted by atomic mass is 10.1. The van der Waals surface area contributed by atoms with Crippen LogP contribution in [0.15, 0.2) is 30.5 Å². The number of carboxylic acid groups (broad SMARTS) is 1. The molecule has 78 valence electrons. The summed E-state index contributed by atoms with van der Waals surface area (Å²) in [7, 11) is 0. The van der Waals surface area contributed by atoms with E-state index >= 15 is 0 Å². The standard InChI is InChI=1S/C12H13NO2/c14-12(15)7-3-6-11-10-5-2-1-4-9(10)8-13-11/h1-2,4-5,8,13H,3,6-7H2,(H,14,15). The molecule has 3 nitrogen and oxygen atoms in total. The number of H-pyrrole nitrogens is 1. The van der Waals surface area contributed by atoms with Gasteiger partial charge in [-0.15, -0.1) is 0 Å². The minimum absolute atomic E-state index is 0.230. The van der Waals surface area contributed by atoms with Gasteiger partial charge >= 0.3 is 5.97 Å². The highest BCUT2D eigenvalue weighted by Gasteiger charge is 2.03. The average molecular weight is 203 g/mol. The van der Waals surface area contributed by atoms with Gasteiger partial charge in [0.05, 0.1) is 0 Å². The third-order valence-electron chi connectivity index (χ3n) is 2.51. The summed E-state index contributed by atoms with van der Waals surface area (Å²) in [6, 6.07) is 8.10. The Morgan fingerprint density at radius 2 is 2.13 bits per heavy atom. The van der Waals surface area contributed by atoms with Gasteiger partial charge in [0.2, 0.25) is 0 Å².